The molecule has 0 radical (unpaired) electrons. The van der Waals surface area contributed by atoms with Gasteiger partial charge in [-0.15, -0.1) is 0 Å². The first-order chi connectivity index (χ1) is 8.00. The van der Waals surface area contributed by atoms with Gasteiger partial charge in [0, 0.05) is 0 Å². The maximum Gasteiger partial charge on any atom is 1.00 e. The minimum absolute atomic E-state index is 0. The van der Waals surface area contributed by atoms with Crippen LogP contribution >= 0.6 is 0 Å². The van der Waals surface area contributed by atoms with Gasteiger partial charge in [0.25, 0.3) is 0 Å². The molecule has 0 saturated heterocycles. The van der Waals surface area contributed by atoms with Crippen LogP contribution in [0.2, 0.25) is 0 Å². The quantitative estimate of drug-likeness (QED) is 0.575. The van der Waals surface area contributed by atoms with Crippen LogP contribution in [0.3, 0.4) is 0 Å². The van der Waals surface area contributed by atoms with Crippen molar-refractivity contribution >= 4 is 20.9 Å². The molecule has 3 nitrogen and oxygen atoms in total. The molecule has 0 aliphatic heterocycles. The van der Waals surface area contributed by atoms with Gasteiger partial charge in [-0.25, -0.2) is 8.42 Å². The summed E-state index contributed by atoms with van der Waals surface area (Å²) in [7, 11) is -4.37. The van der Waals surface area contributed by atoms with Crippen LogP contribution in [0.5, 0.6) is 0 Å². The summed E-state index contributed by atoms with van der Waals surface area (Å²) in [6, 6.07) is 10.4. The van der Waals surface area contributed by atoms with Crippen molar-refractivity contribution in [2.24, 2.45) is 0 Å². The molecule has 0 heterocycles. The fourth-order valence-corrected chi connectivity index (χ4v) is 2.38. The average molecular weight is 288 g/mol. The van der Waals surface area contributed by atoms with E-state index in [0.29, 0.717) is 0 Å². The van der Waals surface area contributed by atoms with Crippen LogP contribution in [0.1, 0.15) is 18.9 Å². The van der Waals surface area contributed by atoms with Crippen LogP contribution in [-0.4, -0.2) is 13.0 Å². The van der Waals surface area contributed by atoms with E-state index in [4.69, 9.17) is 0 Å². The number of benzene rings is 2. The molecule has 0 aromatic heterocycles. The van der Waals surface area contributed by atoms with Gasteiger partial charge in [0.15, 0.2) is 0 Å². The van der Waals surface area contributed by atoms with Crippen LogP contribution in [0, 0.1) is 0 Å². The zero-order valence-electron chi connectivity index (χ0n) is 10.5. The van der Waals surface area contributed by atoms with E-state index in [1.54, 1.807) is 6.07 Å². The minimum Gasteiger partial charge on any atom is -0.744 e. The number of hydrogen-bond donors (Lipinski definition) is 0. The molecule has 0 atom stereocenters. The Hall–Kier alpha value is 0.246. The largest absolute Gasteiger partial charge is 1.00 e. The van der Waals surface area contributed by atoms with E-state index < -0.39 is 10.1 Å². The summed E-state index contributed by atoms with van der Waals surface area (Å²) in [5.74, 6) is 0. The monoisotopic (exact) mass is 288 g/mol. The van der Waals surface area contributed by atoms with Crippen molar-refractivity contribution in [1.29, 1.82) is 0 Å². The van der Waals surface area contributed by atoms with Crippen LogP contribution in [0.4, 0.5) is 0 Å². The second kappa shape index (κ2) is 6.61. The molecule has 2 aromatic carbocycles. The molecule has 0 aliphatic rings. The van der Waals surface area contributed by atoms with Gasteiger partial charge < -0.3 is 4.55 Å². The Morgan fingerprint density at radius 1 is 1.06 bits per heavy atom. The summed E-state index contributed by atoms with van der Waals surface area (Å²) >= 11 is 0. The van der Waals surface area contributed by atoms with E-state index >= 15 is 0 Å². The molecule has 0 fully saturated rings. The van der Waals surface area contributed by atoms with Gasteiger partial charge in [0.05, 0.1) is 4.90 Å². The van der Waals surface area contributed by atoms with Crippen molar-refractivity contribution in [3.8, 4) is 0 Å². The molecule has 90 valence electrons. The Kier molecular flexibility index (Phi) is 5.98. The predicted octanol–water partition coefficient (Wildman–Crippen LogP) is -0.300. The number of hydrogen-bond acceptors (Lipinski definition) is 3. The molecule has 5 heteroatoms. The third-order valence-corrected chi connectivity index (χ3v) is 3.53. The van der Waals surface area contributed by atoms with E-state index in [0.717, 1.165) is 29.2 Å². The number of aryl methyl sites for hydroxylation is 1. The first kappa shape index (κ1) is 16.3. The topological polar surface area (TPSA) is 57.2 Å². The average Bonchev–Trinajstić information content (AvgIpc) is 2.27. The predicted molar refractivity (Wildman–Crippen MR) is 65.9 cm³/mol. The van der Waals surface area contributed by atoms with E-state index in [1.165, 1.54) is 12.1 Å². The summed E-state index contributed by atoms with van der Waals surface area (Å²) in [4.78, 5) is -0.168. The molecule has 0 aliphatic carbocycles. The summed E-state index contributed by atoms with van der Waals surface area (Å²) in [6.45, 7) is 2.09. The summed E-state index contributed by atoms with van der Waals surface area (Å²) in [5.41, 5.74) is 1.15. The normalized spacial score (nSPS) is 11.2. The van der Waals surface area contributed by atoms with Crippen LogP contribution < -0.4 is 51.4 Å². The first-order valence-corrected chi connectivity index (χ1v) is 6.90. The van der Waals surface area contributed by atoms with Crippen LogP contribution in [0.25, 0.3) is 10.8 Å². The summed E-state index contributed by atoms with van der Waals surface area (Å²) in [6.07, 6.45) is 1.98. The summed E-state index contributed by atoms with van der Waals surface area (Å²) in [5, 5.41) is 1.74. The van der Waals surface area contributed by atoms with E-state index in [-0.39, 0.29) is 56.3 Å². The Morgan fingerprint density at radius 3 is 2.33 bits per heavy atom. The maximum absolute atomic E-state index is 10.9. The zero-order chi connectivity index (χ0) is 12.5. The van der Waals surface area contributed by atoms with Crippen LogP contribution in [0.15, 0.2) is 41.3 Å². The number of fused-ring (bicyclic) bond motifs is 1. The van der Waals surface area contributed by atoms with E-state index in [1.807, 2.05) is 18.2 Å². The summed E-state index contributed by atoms with van der Waals surface area (Å²) < 4.78 is 32.8. The molecule has 0 spiro atoms. The molecule has 0 unspecified atom stereocenters. The van der Waals surface area contributed by atoms with Crippen molar-refractivity contribution in [1.82, 2.24) is 0 Å². The Labute approximate surface area is 150 Å². The molecule has 18 heavy (non-hydrogen) atoms. The van der Waals surface area contributed by atoms with Crippen molar-refractivity contribution in [2.75, 3.05) is 0 Å². The Balaban J connectivity index is 0.00000162. The van der Waals surface area contributed by atoms with Crippen LogP contribution in [-0.2, 0) is 16.5 Å². The SMILES string of the molecule is CCCc1ccc2ccc(S(=O)(=O)[O-])cc2c1.[K+]. The maximum atomic E-state index is 10.9. The van der Waals surface area contributed by atoms with Gasteiger partial charge in [-0.1, -0.05) is 37.6 Å². The van der Waals surface area contributed by atoms with Crippen molar-refractivity contribution in [3.05, 3.63) is 42.0 Å². The van der Waals surface area contributed by atoms with Gasteiger partial charge in [0.1, 0.15) is 10.1 Å². The Bertz CT molecular complexity index is 650. The second-order valence-electron chi connectivity index (χ2n) is 4.05. The van der Waals surface area contributed by atoms with E-state index in [9.17, 15) is 13.0 Å². The van der Waals surface area contributed by atoms with Gasteiger partial charge in [0.2, 0.25) is 0 Å². The molecule has 0 amide bonds. The van der Waals surface area contributed by atoms with Gasteiger partial charge in [-0.05, 0) is 34.9 Å². The third-order valence-electron chi connectivity index (χ3n) is 2.70. The van der Waals surface area contributed by atoms with Crippen molar-refractivity contribution in [3.63, 3.8) is 0 Å². The fraction of sp³-hybridized carbons (Fsp3) is 0.231. The molecule has 0 saturated carbocycles. The molecular weight excluding hydrogens is 275 g/mol. The van der Waals surface area contributed by atoms with Gasteiger partial charge in [-0.2, -0.15) is 0 Å². The zero-order valence-corrected chi connectivity index (χ0v) is 14.5. The van der Waals surface area contributed by atoms with E-state index in [2.05, 4.69) is 6.92 Å². The molecule has 0 bridgehead atoms. The number of rotatable bonds is 3. The minimum atomic E-state index is -4.37. The first-order valence-electron chi connectivity index (χ1n) is 5.49. The molecule has 2 rings (SSSR count). The molecule has 2 aromatic rings. The standard InChI is InChI=1S/C13H14O3S.K/c1-2-3-10-4-5-11-6-7-13(17(14,15)16)9-12(11)8-10;/h4-9H,2-3H2,1H3,(H,14,15,16);/q;+1/p-1. The van der Waals surface area contributed by atoms with Gasteiger partial charge >= 0.3 is 51.4 Å². The second-order valence-corrected chi connectivity index (χ2v) is 5.43. The van der Waals surface area contributed by atoms with Crippen molar-refractivity contribution in [2.45, 2.75) is 24.7 Å². The van der Waals surface area contributed by atoms with Gasteiger partial charge in [-0.3, -0.25) is 0 Å². The molecular formula is C13H13KO3S. The van der Waals surface area contributed by atoms with Crippen molar-refractivity contribution < 1.29 is 64.4 Å². The Morgan fingerprint density at radius 2 is 1.72 bits per heavy atom. The smallest absolute Gasteiger partial charge is 0.744 e. The third kappa shape index (κ3) is 3.87. The molecule has 0 N–H and O–H groups in total. The fourth-order valence-electron chi connectivity index (χ4n) is 1.87.